The van der Waals surface area contributed by atoms with E-state index in [4.69, 9.17) is 4.74 Å². The predicted molar refractivity (Wildman–Crippen MR) is 131 cm³/mol. The number of anilines is 1. The molecular weight excluding hydrogens is 486 g/mol. The number of aryl methyl sites for hydroxylation is 1. The van der Waals surface area contributed by atoms with Crippen molar-refractivity contribution in [2.45, 2.75) is 13.8 Å². The normalized spacial score (nSPS) is 10.9. The number of nitro groups is 1. The lowest BCUT2D eigenvalue weighted by Crippen LogP contribution is -2.20. The maximum absolute atomic E-state index is 12.3. The first-order valence-corrected chi connectivity index (χ1v) is 10.7. The Hall–Kier alpha value is -3.96. The summed E-state index contributed by atoms with van der Waals surface area (Å²) >= 11 is 3.43. The Kier molecular flexibility index (Phi) is 7.59. The van der Waals surface area contributed by atoms with Crippen LogP contribution in [-0.2, 0) is 4.79 Å². The molecule has 1 N–H and O–H groups in total. The van der Waals surface area contributed by atoms with Gasteiger partial charge in [-0.2, -0.15) is 5.26 Å². The van der Waals surface area contributed by atoms with Crippen LogP contribution in [0, 0.1) is 35.3 Å². The summed E-state index contributed by atoms with van der Waals surface area (Å²) in [4.78, 5) is 22.6. The summed E-state index contributed by atoms with van der Waals surface area (Å²) in [6.07, 6.45) is 1.67. The number of carbonyl (C=O) groups is 1. The summed E-state index contributed by atoms with van der Waals surface area (Å²) in [6, 6.07) is 18.8. The molecule has 0 radical (unpaired) electrons. The Bertz CT molecular complexity index is 1280. The van der Waals surface area contributed by atoms with Gasteiger partial charge in [0.25, 0.3) is 11.6 Å². The van der Waals surface area contributed by atoms with E-state index in [2.05, 4.69) is 27.3 Å². The minimum Gasteiger partial charge on any atom is -0.483 e. The second-order valence-electron chi connectivity index (χ2n) is 7.25. The largest absolute Gasteiger partial charge is 0.483 e. The number of non-ortho nitro benzene ring substituents is 1. The van der Waals surface area contributed by atoms with Crippen molar-refractivity contribution in [1.29, 1.82) is 5.26 Å². The van der Waals surface area contributed by atoms with Crippen LogP contribution >= 0.6 is 15.9 Å². The van der Waals surface area contributed by atoms with E-state index in [1.54, 1.807) is 24.3 Å². The van der Waals surface area contributed by atoms with E-state index in [1.165, 1.54) is 24.3 Å². The van der Waals surface area contributed by atoms with Crippen LogP contribution in [0.3, 0.4) is 0 Å². The number of hydrogen-bond donors (Lipinski definition) is 1. The maximum Gasteiger partial charge on any atom is 0.269 e. The molecule has 166 valence electrons. The highest BCUT2D eigenvalue weighted by Crippen LogP contribution is 2.28. The van der Waals surface area contributed by atoms with Gasteiger partial charge in [-0.05, 0) is 88.4 Å². The lowest BCUT2D eigenvalue weighted by molar-refractivity contribution is -0.384. The quantitative estimate of drug-likeness (QED) is 0.182. The van der Waals surface area contributed by atoms with Crippen molar-refractivity contribution in [3.8, 4) is 11.8 Å². The van der Waals surface area contributed by atoms with Crippen LogP contribution in [0.1, 0.15) is 22.3 Å². The standard InChI is InChI=1S/C25H20BrN3O4/c1-16-4-3-5-23(17(16)2)28-25(30)15-33-24-11-6-18(13-22(24)26)12-20(14-27)19-7-9-21(10-8-19)29(31)32/h3-13H,15H2,1-2H3,(H,28,30)/b20-12+. The van der Waals surface area contributed by atoms with Gasteiger partial charge >= 0.3 is 0 Å². The second-order valence-corrected chi connectivity index (χ2v) is 8.10. The van der Waals surface area contributed by atoms with Crippen LogP contribution in [0.15, 0.2) is 65.1 Å². The third-order valence-corrected chi connectivity index (χ3v) is 5.63. The zero-order valence-electron chi connectivity index (χ0n) is 18.0. The second kappa shape index (κ2) is 10.6. The van der Waals surface area contributed by atoms with Gasteiger partial charge in [-0.3, -0.25) is 14.9 Å². The van der Waals surface area contributed by atoms with Crippen molar-refractivity contribution in [1.82, 2.24) is 0 Å². The molecule has 0 saturated carbocycles. The van der Waals surface area contributed by atoms with Crippen LogP contribution in [0.4, 0.5) is 11.4 Å². The third-order valence-electron chi connectivity index (χ3n) is 5.01. The number of rotatable bonds is 7. The van der Waals surface area contributed by atoms with Gasteiger partial charge in [0.2, 0.25) is 0 Å². The summed E-state index contributed by atoms with van der Waals surface area (Å²) in [6.45, 7) is 3.77. The summed E-state index contributed by atoms with van der Waals surface area (Å²) in [7, 11) is 0. The fourth-order valence-corrected chi connectivity index (χ4v) is 3.56. The van der Waals surface area contributed by atoms with E-state index in [0.717, 1.165) is 22.4 Å². The molecule has 0 bridgehead atoms. The van der Waals surface area contributed by atoms with E-state index < -0.39 is 4.92 Å². The molecule has 1 amide bonds. The summed E-state index contributed by atoms with van der Waals surface area (Å²) in [5, 5.41) is 23.2. The molecule has 3 aromatic carbocycles. The predicted octanol–water partition coefficient (Wildman–Crippen LogP) is 6.06. The summed E-state index contributed by atoms with van der Waals surface area (Å²) < 4.78 is 6.26. The van der Waals surface area contributed by atoms with Gasteiger partial charge in [0.15, 0.2) is 6.61 Å². The molecule has 0 fully saturated rings. The zero-order valence-corrected chi connectivity index (χ0v) is 19.5. The molecule has 0 unspecified atom stereocenters. The number of benzene rings is 3. The zero-order chi connectivity index (χ0) is 24.0. The lowest BCUT2D eigenvalue weighted by atomic mass is 10.0. The minimum absolute atomic E-state index is 0.0399. The SMILES string of the molecule is Cc1cccc(NC(=O)COc2ccc(/C=C(\C#N)c3ccc([N+](=O)[O-])cc3)cc2Br)c1C. The van der Waals surface area contributed by atoms with E-state index in [9.17, 15) is 20.2 Å². The van der Waals surface area contributed by atoms with Crippen molar-refractivity contribution >= 4 is 44.9 Å². The van der Waals surface area contributed by atoms with Crippen molar-refractivity contribution in [2.24, 2.45) is 0 Å². The van der Waals surface area contributed by atoms with Crippen molar-refractivity contribution in [3.05, 3.63) is 97.5 Å². The van der Waals surface area contributed by atoms with Gasteiger partial charge in [0, 0.05) is 17.8 Å². The molecule has 8 heteroatoms. The summed E-state index contributed by atoms with van der Waals surface area (Å²) in [5.41, 5.74) is 4.46. The van der Waals surface area contributed by atoms with Gasteiger partial charge in [-0.15, -0.1) is 0 Å². The van der Waals surface area contributed by atoms with Crippen LogP contribution in [0.5, 0.6) is 5.75 Å². The molecule has 0 atom stereocenters. The van der Waals surface area contributed by atoms with Crippen LogP contribution in [0.25, 0.3) is 11.6 Å². The molecule has 3 aromatic rings. The summed E-state index contributed by atoms with van der Waals surface area (Å²) in [5.74, 6) is 0.210. The van der Waals surface area contributed by atoms with Crippen LogP contribution in [0.2, 0.25) is 0 Å². The lowest BCUT2D eigenvalue weighted by Gasteiger charge is -2.12. The third kappa shape index (κ3) is 6.05. The number of ether oxygens (including phenoxy) is 1. The average Bonchev–Trinajstić information content (AvgIpc) is 2.80. The molecule has 0 aliphatic carbocycles. The van der Waals surface area contributed by atoms with Gasteiger partial charge in [-0.1, -0.05) is 18.2 Å². The fourth-order valence-electron chi connectivity index (χ4n) is 3.05. The Morgan fingerprint density at radius 3 is 2.55 bits per heavy atom. The van der Waals surface area contributed by atoms with Gasteiger partial charge in [-0.25, -0.2) is 0 Å². The maximum atomic E-state index is 12.3. The van der Waals surface area contributed by atoms with Gasteiger partial charge < -0.3 is 10.1 Å². The Morgan fingerprint density at radius 2 is 1.91 bits per heavy atom. The highest BCUT2D eigenvalue weighted by atomic mass is 79.9. The van der Waals surface area contributed by atoms with Gasteiger partial charge in [0.05, 0.1) is 21.0 Å². The molecule has 0 heterocycles. The average molecular weight is 506 g/mol. The number of halogens is 1. The monoisotopic (exact) mass is 505 g/mol. The highest BCUT2D eigenvalue weighted by molar-refractivity contribution is 9.10. The number of hydrogen-bond acceptors (Lipinski definition) is 5. The molecule has 33 heavy (non-hydrogen) atoms. The Morgan fingerprint density at radius 1 is 1.18 bits per heavy atom. The molecular formula is C25H20BrN3O4. The minimum atomic E-state index is -0.488. The topological polar surface area (TPSA) is 105 Å². The number of nitrogens with one attached hydrogen (secondary N) is 1. The molecule has 0 saturated heterocycles. The molecule has 0 spiro atoms. The number of amides is 1. The van der Waals surface area contributed by atoms with Crippen LogP contribution < -0.4 is 10.1 Å². The number of nitriles is 1. The first-order valence-electron chi connectivity index (χ1n) is 9.93. The number of carbonyl (C=O) groups excluding carboxylic acids is 1. The molecule has 0 aliphatic heterocycles. The number of allylic oxidation sites excluding steroid dienone is 1. The molecule has 3 rings (SSSR count). The van der Waals surface area contributed by atoms with E-state index in [0.29, 0.717) is 21.4 Å². The van der Waals surface area contributed by atoms with Crippen molar-refractivity contribution < 1.29 is 14.5 Å². The van der Waals surface area contributed by atoms with E-state index in [1.807, 2.05) is 32.0 Å². The van der Waals surface area contributed by atoms with Crippen molar-refractivity contribution in [3.63, 3.8) is 0 Å². The van der Waals surface area contributed by atoms with Gasteiger partial charge in [0.1, 0.15) is 5.75 Å². The first kappa shape index (κ1) is 23.7. The Labute approximate surface area is 199 Å². The smallest absolute Gasteiger partial charge is 0.269 e. The number of nitro benzene ring substituents is 1. The van der Waals surface area contributed by atoms with Crippen molar-refractivity contribution in [2.75, 3.05) is 11.9 Å². The van der Waals surface area contributed by atoms with E-state index >= 15 is 0 Å². The molecule has 0 aliphatic rings. The fraction of sp³-hybridized carbons (Fsp3) is 0.120. The molecule has 0 aromatic heterocycles. The highest BCUT2D eigenvalue weighted by Gasteiger charge is 2.10. The van der Waals surface area contributed by atoms with E-state index in [-0.39, 0.29) is 18.2 Å². The Balaban J connectivity index is 1.68. The van der Waals surface area contributed by atoms with Crippen LogP contribution in [-0.4, -0.2) is 17.4 Å². The first-order chi connectivity index (χ1) is 15.8. The number of nitrogens with zero attached hydrogens (tertiary/aromatic N) is 2. The molecule has 7 nitrogen and oxygen atoms in total.